The summed E-state index contributed by atoms with van der Waals surface area (Å²) in [5.74, 6) is 0. The van der Waals surface area contributed by atoms with Gasteiger partial charge in [-0.15, -0.1) is 0 Å². The Kier molecular flexibility index (Phi) is 52.2. The smallest absolute Gasteiger partial charge is 0.0586 e. The predicted molar refractivity (Wildman–Crippen MR) is 275 cm³/mol. The van der Waals surface area contributed by atoms with Crippen molar-refractivity contribution in [3.8, 4) is 0 Å². The van der Waals surface area contributed by atoms with E-state index in [4.69, 9.17) is 0 Å². The molecule has 0 amide bonds. The van der Waals surface area contributed by atoms with Crippen molar-refractivity contribution in [2.45, 2.75) is 341 Å². The molecule has 0 unspecified atom stereocenters. The van der Waals surface area contributed by atoms with Gasteiger partial charge in [0, 0.05) is 27.3 Å². The van der Waals surface area contributed by atoms with E-state index < -0.39 is 7.26 Å². The average Bonchev–Trinajstić information content (AvgIpc) is 3.21. The summed E-state index contributed by atoms with van der Waals surface area (Å²) in [5, 5.41) is 0. The molecule has 0 atom stereocenters. The first-order valence-electron chi connectivity index (χ1n) is 28.4. The molecular formula is C57H118P+. The van der Waals surface area contributed by atoms with E-state index in [1.165, 1.54) is 340 Å². The molecule has 0 spiro atoms. The maximum atomic E-state index is 2.49. The van der Waals surface area contributed by atoms with Gasteiger partial charge < -0.3 is 0 Å². The topological polar surface area (TPSA) is 0 Å². The van der Waals surface area contributed by atoms with Gasteiger partial charge in [0.05, 0.1) is 6.16 Å². The molecule has 0 N–H and O–H groups in total. The summed E-state index contributed by atoms with van der Waals surface area (Å²) >= 11 is 0. The van der Waals surface area contributed by atoms with Crippen LogP contribution in [0.2, 0.25) is 0 Å². The SMILES string of the molecule is CCCCCCCCCCCCCCCCCCCCCCCCCCCCCCCCCCCCCCCCCCCCCCCCCCCCCC[P+](C)(C)C. The Bertz CT molecular complexity index is 692. The molecule has 0 aromatic carbocycles. The third-order valence-electron chi connectivity index (χ3n) is 13.7. The van der Waals surface area contributed by atoms with Crippen molar-refractivity contribution in [3.63, 3.8) is 0 Å². The molecule has 58 heavy (non-hydrogen) atoms. The fourth-order valence-electron chi connectivity index (χ4n) is 9.50. The van der Waals surface area contributed by atoms with Gasteiger partial charge in [-0.1, -0.05) is 328 Å². The molecule has 0 heterocycles. The van der Waals surface area contributed by atoms with E-state index in [1.807, 2.05) is 0 Å². The second kappa shape index (κ2) is 51.8. The Hall–Kier alpha value is 0.430. The van der Waals surface area contributed by atoms with Crippen LogP contribution in [-0.2, 0) is 0 Å². The molecule has 0 aliphatic rings. The highest BCUT2D eigenvalue weighted by Crippen LogP contribution is 2.47. The molecule has 0 aliphatic carbocycles. The summed E-state index contributed by atoms with van der Waals surface area (Å²) in [7, 11) is -0.526. The van der Waals surface area contributed by atoms with Gasteiger partial charge in [0.1, 0.15) is 0 Å². The Balaban J connectivity index is 3.07. The Morgan fingerprint density at radius 2 is 0.259 bits per heavy atom. The maximum absolute atomic E-state index is 2.49. The second-order valence-corrected chi connectivity index (χ2v) is 26.1. The van der Waals surface area contributed by atoms with Gasteiger partial charge in [-0.3, -0.25) is 0 Å². The summed E-state index contributed by atoms with van der Waals surface area (Å²) in [6.45, 7) is 9.77. The minimum atomic E-state index is -0.526. The quantitative estimate of drug-likeness (QED) is 0.0423. The average molecular weight is 835 g/mol. The van der Waals surface area contributed by atoms with Crippen LogP contribution in [-0.4, -0.2) is 26.2 Å². The van der Waals surface area contributed by atoms with E-state index in [9.17, 15) is 0 Å². The van der Waals surface area contributed by atoms with Crippen molar-refractivity contribution in [2.75, 3.05) is 26.2 Å². The number of hydrogen-bond acceptors (Lipinski definition) is 0. The first-order chi connectivity index (χ1) is 28.6. The molecule has 0 aliphatic heterocycles. The lowest BCUT2D eigenvalue weighted by molar-refractivity contribution is 0.507. The lowest BCUT2D eigenvalue weighted by atomic mass is 10.0. The van der Waals surface area contributed by atoms with Gasteiger partial charge in [-0.05, 0) is 12.8 Å². The predicted octanol–water partition coefficient (Wildman–Crippen LogP) is 22.2. The zero-order valence-corrected chi connectivity index (χ0v) is 42.8. The van der Waals surface area contributed by atoms with Crippen LogP contribution in [0.4, 0.5) is 0 Å². The molecule has 350 valence electrons. The molecule has 0 aromatic rings. The van der Waals surface area contributed by atoms with Crippen molar-refractivity contribution in [1.82, 2.24) is 0 Å². The summed E-state index contributed by atoms with van der Waals surface area (Å²) in [5.41, 5.74) is 0. The van der Waals surface area contributed by atoms with Crippen molar-refractivity contribution < 1.29 is 0 Å². The van der Waals surface area contributed by atoms with Crippen LogP contribution in [0.15, 0.2) is 0 Å². The Morgan fingerprint density at radius 1 is 0.155 bits per heavy atom. The van der Waals surface area contributed by atoms with Gasteiger partial charge >= 0.3 is 0 Å². The normalized spacial score (nSPS) is 12.0. The van der Waals surface area contributed by atoms with Crippen LogP contribution < -0.4 is 0 Å². The van der Waals surface area contributed by atoms with E-state index in [1.54, 1.807) is 0 Å². The molecule has 0 radical (unpaired) electrons. The minimum absolute atomic E-state index is 0.526. The van der Waals surface area contributed by atoms with Crippen molar-refractivity contribution in [1.29, 1.82) is 0 Å². The van der Waals surface area contributed by atoms with Crippen LogP contribution in [0.5, 0.6) is 0 Å². The van der Waals surface area contributed by atoms with Gasteiger partial charge in [-0.25, -0.2) is 0 Å². The van der Waals surface area contributed by atoms with Crippen molar-refractivity contribution in [3.05, 3.63) is 0 Å². The summed E-state index contributed by atoms with van der Waals surface area (Å²) in [4.78, 5) is 0. The van der Waals surface area contributed by atoms with E-state index in [2.05, 4.69) is 26.9 Å². The summed E-state index contributed by atoms with van der Waals surface area (Å²) in [6.07, 6.45) is 79.1. The largest absolute Gasteiger partial charge is 0.0654 e. The van der Waals surface area contributed by atoms with Crippen LogP contribution >= 0.6 is 7.26 Å². The van der Waals surface area contributed by atoms with Crippen LogP contribution in [0.3, 0.4) is 0 Å². The lowest BCUT2D eigenvalue weighted by Gasteiger charge is -2.10. The van der Waals surface area contributed by atoms with E-state index in [0.717, 1.165) is 0 Å². The fraction of sp³-hybridized carbons (Fsp3) is 1.00. The lowest BCUT2D eigenvalue weighted by Crippen LogP contribution is -1.93. The third kappa shape index (κ3) is 56.4. The second-order valence-electron chi connectivity index (χ2n) is 21.0. The van der Waals surface area contributed by atoms with Crippen LogP contribution in [0, 0.1) is 0 Å². The zero-order valence-electron chi connectivity index (χ0n) is 41.9. The Labute approximate surface area is 372 Å². The molecule has 1 heteroatoms. The van der Waals surface area contributed by atoms with E-state index >= 15 is 0 Å². The van der Waals surface area contributed by atoms with Gasteiger partial charge in [0.2, 0.25) is 0 Å². The minimum Gasteiger partial charge on any atom is -0.0654 e. The number of unbranched alkanes of at least 4 members (excludes halogenated alkanes) is 51. The van der Waals surface area contributed by atoms with Crippen molar-refractivity contribution in [2.24, 2.45) is 0 Å². The standard InChI is InChI=1S/C57H118P/c1-5-6-7-8-9-10-11-12-13-14-15-16-17-18-19-20-21-22-23-24-25-26-27-28-29-30-31-32-33-34-35-36-37-38-39-40-41-42-43-44-45-46-47-48-49-50-51-52-53-54-55-56-57-58(2,3)4/h5-57H2,1-4H3/q+1. The zero-order chi connectivity index (χ0) is 42.0. The van der Waals surface area contributed by atoms with Gasteiger partial charge in [-0.2, -0.15) is 0 Å². The first-order valence-corrected chi connectivity index (χ1v) is 31.7. The summed E-state index contributed by atoms with van der Waals surface area (Å²) < 4.78 is 0. The number of rotatable bonds is 53. The monoisotopic (exact) mass is 834 g/mol. The molecule has 0 aromatic heterocycles. The molecule has 0 saturated heterocycles. The van der Waals surface area contributed by atoms with Crippen LogP contribution in [0.25, 0.3) is 0 Å². The molecule has 0 nitrogen and oxygen atoms in total. The van der Waals surface area contributed by atoms with E-state index in [-0.39, 0.29) is 0 Å². The van der Waals surface area contributed by atoms with E-state index in [0.29, 0.717) is 0 Å². The van der Waals surface area contributed by atoms with Crippen LogP contribution in [0.1, 0.15) is 341 Å². The molecule has 0 saturated carbocycles. The molecule has 0 fully saturated rings. The fourth-order valence-corrected chi connectivity index (χ4v) is 10.7. The highest BCUT2D eigenvalue weighted by atomic mass is 31.2. The summed E-state index contributed by atoms with van der Waals surface area (Å²) in [6, 6.07) is 0. The third-order valence-corrected chi connectivity index (χ3v) is 15.3. The van der Waals surface area contributed by atoms with Gasteiger partial charge in [0.15, 0.2) is 0 Å². The highest BCUT2D eigenvalue weighted by molar-refractivity contribution is 7.73. The number of hydrogen-bond donors (Lipinski definition) is 0. The Morgan fingerprint density at radius 3 is 0.362 bits per heavy atom. The first kappa shape index (κ1) is 58.4. The van der Waals surface area contributed by atoms with Crippen molar-refractivity contribution >= 4 is 7.26 Å². The molecular weight excluding hydrogens is 716 g/mol. The van der Waals surface area contributed by atoms with Gasteiger partial charge in [0.25, 0.3) is 0 Å². The molecule has 0 bridgehead atoms. The highest BCUT2D eigenvalue weighted by Gasteiger charge is 2.15. The molecule has 0 rings (SSSR count). The maximum Gasteiger partial charge on any atom is 0.0586 e.